The minimum Gasteiger partial charge on any atom is -0.301 e. The second-order valence-corrected chi connectivity index (χ2v) is 7.27. The average Bonchev–Trinajstić information content (AvgIpc) is 2.55. The molecule has 0 spiro atoms. The summed E-state index contributed by atoms with van der Waals surface area (Å²) in [7, 11) is 0. The third-order valence-electron chi connectivity index (χ3n) is 4.54. The fraction of sp³-hybridized carbons (Fsp3) is 0.529. The first-order chi connectivity index (χ1) is 11.5. The summed E-state index contributed by atoms with van der Waals surface area (Å²) < 4.78 is 1.83. The van der Waals surface area contributed by atoms with Gasteiger partial charge in [0.25, 0.3) is 11.1 Å². The van der Waals surface area contributed by atoms with Gasteiger partial charge in [0.05, 0.1) is 0 Å². The van der Waals surface area contributed by atoms with E-state index in [4.69, 9.17) is 0 Å². The Morgan fingerprint density at radius 1 is 1.12 bits per heavy atom. The number of aromatic amines is 1. The van der Waals surface area contributed by atoms with Crippen LogP contribution >= 0.6 is 11.8 Å². The summed E-state index contributed by atoms with van der Waals surface area (Å²) in [5.41, 5.74) is 2.99. The molecule has 0 aromatic carbocycles. The van der Waals surface area contributed by atoms with E-state index >= 15 is 0 Å². The molecule has 6 nitrogen and oxygen atoms in total. The Kier molecular flexibility index (Phi) is 4.89. The molecule has 3 rings (SSSR count). The second-order valence-electron chi connectivity index (χ2n) is 6.19. The van der Waals surface area contributed by atoms with Gasteiger partial charge >= 0.3 is 0 Å². The first kappa shape index (κ1) is 17.0. The summed E-state index contributed by atoms with van der Waals surface area (Å²) in [5.74, 6) is 1.60. The van der Waals surface area contributed by atoms with Crippen molar-refractivity contribution in [1.82, 2.24) is 19.5 Å². The fourth-order valence-corrected chi connectivity index (χ4v) is 3.82. The lowest BCUT2D eigenvalue weighted by Crippen LogP contribution is -2.32. The molecule has 0 saturated carbocycles. The number of nitrogens with zero attached hydrogens (tertiary/aromatic N) is 3. The van der Waals surface area contributed by atoms with Crippen molar-refractivity contribution in [2.45, 2.75) is 58.2 Å². The van der Waals surface area contributed by atoms with Crippen LogP contribution in [0.25, 0.3) is 0 Å². The van der Waals surface area contributed by atoms with Crippen LogP contribution < -0.4 is 11.1 Å². The first-order valence-electron chi connectivity index (χ1n) is 8.27. The average molecular weight is 346 g/mol. The van der Waals surface area contributed by atoms with Crippen molar-refractivity contribution in [3.63, 3.8) is 0 Å². The molecule has 0 fully saturated rings. The lowest BCUT2D eigenvalue weighted by Gasteiger charge is -2.19. The molecule has 1 aliphatic heterocycles. The Labute approximate surface area is 144 Å². The number of aromatic nitrogens is 4. The number of hydrogen-bond donors (Lipinski definition) is 1. The van der Waals surface area contributed by atoms with E-state index in [0.29, 0.717) is 22.9 Å². The Hall–Kier alpha value is -1.89. The molecule has 0 bridgehead atoms. The number of hydrogen-bond acceptors (Lipinski definition) is 5. The Morgan fingerprint density at radius 2 is 1.92 bits per heavy atom. The van der Waals surface area contributed by atoms with Gasteiger partial charge < -0.3 is 4.98 Å². The fourth-order valence-electron chi connectivity index (χ4n) is 2.96. The van der Waals surface area contributed by atoms with E-state index in [-0.39, 0.29) is 11.1 Å². The van der Waals surface area contributed by atoms with Crippen molar-refractivity contribution in [2.75, 3.05) is 5.75 Å². The number of H-pyrrole nitrogens is 1. The second kappa shape index (κ2) is 6.93. The molecule has 2 aromatic heterocycles. The van der Waals surface area contributed by atoms with Gasteiger partial charge in [0, 0.05) is 41.2 Å². The number of fused-ring (bicyclic) bond motifs is 1. The molecule has 0 unspecified atom stereocenters. The molecule has 1 N–H and O–H groups in total. The van der Waals surface area contributed by atoms with E-state index in [1.54, 1.807) is 6.92 Å². The van der Waals surface area contributed by atoms with E-state index in [9.17, 15) is 9.59 Å². The SMILES string of the molecule is Cc1nc(SCCc2c(C)nc3n(c2=O)CCCC3)[nH]c(=O)c1C. The first-order valence-corrected chi connectivity index (χ1v) is 9.25. The van der Waals surface area contributed by atoms with Crippen molar-refractivity contribution in [3.8, 4) is 0 Å². The summed E-state index contributed by atoms with van der Waals surface area (Å²) in [6.45, 7) is 6.28. The number of rotatable bonds is 4. The van der Waals surface area contributed by atoms with E-state index in [2.05, 4.69) is 15.0 Å². The highest BCUT2D eigenvalue weighted by atomic mass is 32.2. The maximum atomic E-state index is 12.7. The van der Waals surface area contributed by atoms with E-state index < -0.39 is 0 Å². The van der Waals surface area contributed by atoms with Crippen LogP contribution in [0.4, 0.5) is 0 Å². The maximum absolute atomic E-state index is 12.7. The third-order valence-corrected chi connectivity index (χ3v) is 5.42. The molecule has 2 aromatic rings. The zero-order valence-electron chi connectivity index (χ0n) is 14.3. The van der Waals surface area contributed by atoms with Crippen LogP contribution in [0.3, 0.4) is 0 Å². The van der Waals surface area contributed by atoms with Gasteiger partial charge in [0.2, 0.25) is 0 Å². The van der Waals surface area contributed by atoms with Crippen LogP contribution in [0.2, 0.25) is 0 Å². The summed E-state index contributed by atoms with van der Waals surface area (Å²) in [4.78, 5) is 36.2. The Balaban J connectivity index is 1.76. The van der Waals surface area contributed by atoms with Crippen molar-refractivity contribution in [2.24, 2.45) is 0 Å². The summed E-state index contributed by atoms with van der Waals surface area (Å²) in [6, 6.07) is 0. The number of aryl methyl sites for hydroxylation is 3. The lowest BCUT2D eigenvalue weighted by atomic mass is 10.1. The highest BCUT2D eigenvalue weighted by Crippen LogP contribution is 2.16. The van der Waals surface area contributed by atoms with Crippen LogP contribution in [-0.2, 0) is 19.4 Å². The molecule has 128 valence electrons. The van der Waals surface area contributed by atoms with Crippen molar-refractivity contribution >= 4 is 11.8 Å². The predicted molar refractivity (Wildman–Crippen MR) is 94.9 cm³/mol. The number of thioether (sulfide) groups is 1. The molecule has 24 heavy (non-hydrogen) atoms. The maximum Gasteiger partial charge on any atom is 0.256 e. The largest absolute Gasteiger partial charge is 0.301 e. The van der Waals surface area contributed by atoms with Crippen LogP contribution in [-0.4, -0.2) is 25.3 Å². The Morgan fingerprint density at radius 3 is 2.67 bits per heavy atom. The molecular formula is C17H22N4O2S. The van der Waals surface area contributed by atoms with Crippen LogP contribution in [0.15, 0.2) is 14.7 Å². The van der Waals surface area contributed by atoms with E-state index in [1.807, 2.05) is 18.4 Å². The Bertz CT molecular complexity index is 885. The van der Waals surface area contributed by atoms with Gasteiger partial charge in [-0.3, -0.25) is 14.2 Å². The van der Waals surface area contributed by atoms with Gasteiger partial charge in [-0.2, -0.15) is 0 Å². The highest BCUT2D eigenvalue weighted by molar-refractivity contribution is 7.99. The predicted octanol–water partition coefficient (Wildman–Crippen LogP) is 1.92. The van der Waals surface area contributed by atoms with Gasteiger partial charge in [0.15, 0.2) is 5.16 Å². The zero-order valence-corrected chi connectivity index (χ0v) is 15.1. The minimum atomic E-state index is -0.100. The van der Waals surface area contributed by atoms with Gasteiger partial charge in [-0.1, -0.05) is 11.8 Å². The van der Waals surface area contributed by atoms with Gasteiger partial charge in [0.1, 0.15) is 5.82 Å². The van der Waals surface area contributed by atoms with E-state index in [0.717, 1.165) is 48.6 Å². The molecule has 0 aliphatic carbocycles. The van der Waals surface area contributed by atoms with Crippen molar-refractivity contribution in [1.29, 1.82) is 0 Å². The van der Waals surface area contributed by atoms with Crippen molar-refractivity contribution in [3.05, 3.63) is 49.0 Å². The molecule has 7 heteroatoms. The van der Waals surface area contributed by atoms with Crippen LogP contribution in [0.1, 0.15) is 41.2 Å². The molecule has 0 radical (unpaired) electrons. The summed E-state index contributed by atoms with van der Waals surface area (Å²) in [5, 5.41) is 0.603. The molecule has 3 heterocycles. The molecule has 0 atom stereocenters. The molecular weight excluding hydrogens is 324 g/mol. The normalized spacial score (nSPS) is 13.8. The van der Waals surface area contributed by atoms with Gasteiger partial charge in [-0.15, -0.1) is 0 Å². The molecule has 0 saturated heterocycles. The quantitative estimate of drug-likeness (QED) is 0.676. The molecule has 1 aliphatic rings. The lowest BCUT2D eigenvalue weighted by molar-refractivity contribution is 0.490. The summed E-state index contributed by atoms with van der Waals surface area (Å²) in [6.07, 6.45) is 3.66. The van der Waals surface area contributed by atoms with Crippen LogP contribution in [0, 0.1) is 20.8 Å². The standard InChI is InChI=1S/C17H22N4O2S/c1-10-11(2)19-17(20-15(10)22)24-9-7-13-12(3)18-14-6-4-5-8-21(14)16(13)23/h4-9H2,1-3H3,(H,19,20,22). The van der Waals surface area contributed by atoms with Crippen molar-refractivity contribution < 1.29 is 0 Å². The van der Waals surface area contributed by atoms with E-state index in [1.165, 1.54) is 11.8 Å². The molecule has 0 amide bonds. The van der Waals surface area contributed by atoms with Gasteiger partial charge in [-0.05, 0) is 40.0 Å². The van der Waals surface area contributed by atoms with Crippen LogP contribution in [0.5, 0.6) is 0 Å². The monoisotopic (exact) mass is 346 g/mol. The summed E-state index contributed by atoms with van der Waals surface area (Å²) >= 11 is 1.46. The third kappa shape index (κ3) is 3.31. The minimum absolute atomic E-state index is 0.0966. The smallest absolute Gasteiger partial charge is 0.256 e. The zero-order chi connectivity index (χ0) is 17.3. The van der Waals surface area contributed by atoms with Gasteiger partial charge in [-0.25, -0.2) is 9.97 Å². The topological polar surface area (TPSA) is 80.6 Å². The highest BCUT2D eigenvalue weighted by Gasteiger charge is 2.17. The number of nitrogens with one attached hydrogen (secondary N) is 1.